The number of carbonyl (C=O) groups excluding carboxylic acids is 5. The maximum absolute atomic E-state index is 13.5. The van der Waals surface area contributed by atoms with Crippen molar-refractivity contribution in [2.45, 2.75) is 64.8 Å². The molecule has 5 amide bonds. The molecule has 374 valence electrons. The Morgan fingerprint density at radius 3 is 1.66 bits per heavy atom. The second-order valence-corrected chi connectivity index (χ2v) is 17.7. The minimum absolute atomic E-state index is 0.0193. The number of amides is 5. The number of aliphatic hydroxyl groups excluding tert-OH is 1. The first-order valence-electron chi connectivity index (χ1n) is 23.2. The van der Waals surface area contributed by atoms with E-state index in [1.54, 1.807) is 108 Å². The quantitative estimate of drug-likeness (QED) is 0.0601. The van der Waals surface area contributed by atoms with Crippen molar-refractivity contribution in [2.75, 3.05) is 67.0 Å². The lowest BCUT2D eigenvalue weighted by atomic mass is 10.1. The average molecular weight is 976 g/mol. The Balaban J connectivity index is 0.992. The summed E-state index contributed by atoms with van der Waals surface area (Å²) in [5.74, 6) is 0.417. The molecule has 0 fully saturated rings. The molecule has 2 atom stereocenters. The number of methoxy groups -OCH3 is 2. The molecule has 4 aromatic carbocycles. The molecule has 0 saturated carbocycles. The molecule has 0 radical (unpaired) electrons. The molecule has 0 aliphatic carbocycles. The second-order valence-electron chi connectivity index (χ2n) is 17.7. The number of alkyl carbamates (subject to hydrolysis) is 1. The number of rotatable bonds is 24. The van der Waals surface area contributed by atoms with Crippen LogP contribution >= 0.6 is 0 Å². The molecule has 2 aromatic heterocycles. The zero-order valence-electron chi connectivity index (χ0n) is 40.3. The van der Waals surface area contributed by atoms with Gasteiger partial charge in [-0.25, -0.2) is 14.8 Å². The molecule has 0 bridgehead atoms. The van der Waals surface area contributed by atoms with Crippen LogP contribution in [0.5, 0.6) is 11.5 Å². The number of nitrogens with one attached hydrogen (secondary N) is 1. The van der Waals surface area contributed by atoms with Crippen molar-refractivity contribution in [2.24, 2.45) is 0 Å². The highest BCUT2D eigenvalue weighted by Gasteiger charge is 2.38. The number of benzene rings is 4. The molecule has 2 aliphatic heterocycles. The van der Waals surface area contributed by atoms with Crippen molar-refractivity contribution in [3.8, 4) is 11.5 Å². The first-order chi connectivity index (χ1) is 34.3. The minimum Gasteiger partial charge on any atom is -0.497 e. The molecule has 2 N–H and O–H groups in total. The van der Waals surface area contributed by atoms with Crippen molar-refractivity contribution >= 4 is 51.8 Å². The summed E-state index contributed by atoms with van der Waals surface area (Å²) in [4.78, 5) is 78.1. The number of imidazole rings is 2. The number of hydrogen-bond acceptors (Lipinski definition) is 15. The molecule has 8 rings (SSSR count). The molecule has 6 aromatic rings. The van der Waals surface area contributed by atoms with Crippen molar-refractivity contribution in [3.05, 3.63) is 119 Å². The van der Waals surface area contributed by atoms with E-state index in [1.165, 1.54) is 9.80 Å². The van der Waals surface area contributed by atoms with E-state index in [-0.39, 0.29) is 79.0 Å². The van der Waals surface area contributed by atoms with E-state index >= 15 is 0 Å². The van der Waals surface area contributed by atoms with Gasteiger partial charge >= 0.3 is 6.09 Å². The molecule has 71 heavy (non-hydrogen) atoms. The van der Waals surface area contributed by atoms with E-state index in [9.17, 15) is 29.1 Å². The summed E-state index contributed by atoms with van der Waals surface area (Å²) >= 11 is 0. The molecule has 20 heteroatoms. The normalized spacial score (nSPS) is 14.4. The highest BCUT2D eigenvalue weighted by molar-refractivity contribution is 6.22. The lowest BCUT2D eigenvalue weighted by Gasteiger charge is -2.28. The number of hydrogen-bond donors (Lipinski definition) is 2. The maximum Gasteiger partial charge on any atom is 0.407 e. The summed E-state index contributed by atoms with van der Waals surface area (Å²) in [6.45, 7) is 5.63. The first-order valence-corrected chi connectivity index (χ1v) is 23.2. The Hall–Kier alpha value is -7.23. The standard InChI is InChI=1S/C51H57N7O13/c1-51(2,3)71-50(64)52-18-22-67-30-42(69-24-20-56-41-27-33(66-5)14-16-38(41)53-44(56)28-57-46(60)34-10-6-7-11-35(34)47(57)61)43(70-25-21-59)31-68-23-19-55-40-17-15-32(65-4)26-39(40)54-45(55)29-58-48(62)36-12-8-9-13-37(36)49(58)63/h6-17,26-27,42-43,59H,18-25,28-31H2,1-5H3,(H,52,64). The van der Waals surface area contributed by atoms with Gasteiger partial charge in [-0.05, 0) is 69.3 Å². The Morgan fingerprint density at radius 1 is 0.620 bits per heavy atom. The largest absolute Gasteiger partial charge is 0.497 e. The average Bonchev–Trinajstić information content (AvgIpc) is 4.04. The molecule has 20 nitrogen and oxygen atoms in total. The number of aliphatic hydroxyl groups is 1. The molecule has 2 unspecified atom stereocenters. The van der Waals surface area contributed by atoms with E-state index in [0.29, 0.717) is 62.0 Å². The van der Waals surface area contributed by atoms with Gasteiger partial charge in [0, 0.05) is 31.8 Å². The second kappa shape index (κ2) is 22.2. The lowest BCUT2D eigenvalue weighted by molar-refractivity contribution is -0.131. The Morgan fingerprint density at radius 2 is 1.11 bits per heavy atom. The molecular weight excluding hydrogens is 919 g/mol. The number of fused-ring (bicyclic) bond motifs is 4. The fourth-order valence-corrected chi connectivity index (χ4v) is 8.47. The minimum atomic E-state index is -0.794. The molecular formula is C51H57N7O13. The van der Waals surface area contributed by atoms with Gasteiger partial charge in [0.25, 0.3) is 23.6 Å². The zero-order chi connectivity index (χ0) is 50.2. The summed E-state index contributed by atoms with van der Waals surface area (Å²) in [6.07, 6.45) is -2.18. The van der Waals surface area contributed by atoms with E-state index in [2.05, 4.69) is 5.32 Å². The lowest BCUT2D eigenvalue weighted by Crippen LogP contribution is -2.41. The van der Waals surface area contributed by atoms with Crippen LogP contribution in [0, 0.1) is 0 Å². The topological polar surface area (TPSA) is 224 Å². The summed E-state index contributed by atoms with van der Waals surface area (Å²) in [6, 6.07) is 24.2. The summed E-state index contributed by atoms with van der Waals surface area (Å²) in [7, 11) is 3.11. The first kappa shape index (κ1) is 50.2. The van der Waals surface area contributed by atoms with Crippen LogP contribution < -0.4 is 14.8 Å². The van der Waals surface area contributed by atoms with Gasteiger partial charge in [0.2, 0.25) is 0 Å². The number of ether oxygens (including phenoxy) is 7. The smallest absolute Gasteiger partial charge is 0.407 e. The number of carbonyl (C=O) groups is 5. The van der Waals surface area contributed by atoms with Gasteiger partial charge in [-0.15, -0.1) is 0 Å². The Kier molecular flexibility index (Phi) is 15.7. The number of imide groups is 2. The Bertz CT molecular complexity index is 2860. The zero-order valence-corrected chi connectivity index (χ0v) is 40.3. The van der Waals surface area contributed by atoms with E-state index in [4.69, 9.17) is 43.1 Å². The van der Waals surface area contributed by atoms with E-state index in [0.717, 1.165) is 5.52 Å². The SMILES string of the molecule is COc1ccc2c(c1)nc(CN1C(=O)c3ccccc3C1=O)n2CCOCC(OCCO)C(COCCNC(=O)OC(C)(C)C)OCCn1c(CN2C(=O)c3ccccc3C2=O)nc2ccc(OC)cc21. The van der Waals surface area contributed by atoms with Crippen molar-refractivity contribution in [1.82, 2.24) is 34.2 Å². The molecule has 4 heterocycles. The predicted molar refractivity (Wildman–Crippen MR) is 256 cm³/mol. The third kappa shape index (κ3) is 11.4. The summed E-state index contributed by atoms with van der Waals surface area (Å²) in [5.41, 5.74) is 3.26. The van der Waals surface area contributed by atoms with Gasteiger partial charge in [-0.2, -0.15) is 0 Å². The summed E-state index contributed by atoms with van der Waals surface area (Å²) in [5, 5.41) is 12.6. The van der Waals surface area contributed by atoms with E-state index in [1.807, 2.05) is 21.3 Å². The van der Waals surface area contributed by atoms with E-state index < -0.39 is 47.5 Å². The van der Waals surface area contributed by atoms with Crippen LogP contribution in [0.1, 0.15) is 73.9 Å². The van der Waals surface area contributed by atoms with Crippen LogP contribution in [-0.4, -0.2) is 149 Å². The highest BCUT2D eigenvalue weighted by atomic mass is 16.6. The molecule has 2 aliphatic rings. The highest BCUT2D eigenvalue weighted by Crippen LogP contribution is 2.29. The monoisotopic (exact) mass is 975 g/mol. The molecule has 0 saturated heterocycles. The number of nitrogens with zero attached hydrogens (tertiary/aromatic N) is 6. The Labute approximate surface area is 409 Å². The molecule has 0 spiro atoms. The van der Waals surface area contributed by atoms with Crippen molar-refractivity contribution < 1.29 is 62.2 Å². The fraction of sp³-hybridized carbons (Fsp3) is 0.392. The third-order valence-corrected chi connectivity index (χ3v) is 11.8. The van der Waals surface area contributed by atoms with Gasteiger partial charge in [-0.1, -0.05) is 24.3 Å². The maximum atomic E-state index is 13.5. The van der Waals surface area contributed by atoms with Crippen molar-refractivity contribution in [1.29, 1.82) is 0 Å². The van der Waals surface area contributed by atoms with Gasteiger partial charge in [0.15, 0.2) is 0 Å². The third-order valence-electron chi connectivity index (χ3n) is 11.8. The van der Waals surface area contributed by atoms with Crippen LogP contribution in [0.2, 0.25) is 0 Å². The summed E-state index contributed by atoms with van der Waals surface area (Å²) < 4.78 is 45.2. The van der Waals surface area contributed by atoms with Crippen LogP contribution in [-0.2, 0) is 49.9 Å². The van der Waals surface area contributed by atoms with Gasteiger partial charge in [-0.3, -0.25) is 29.0 Å². The van der Waals surface area contributed by atoms with Crippen LogP contribution in [0.25, 0.3) is 22.1 Å². The van der Waals surface area contributed by atoms with Gasteiger partial charge in [0.1, 0.15) is 41.0 Å². The van der Waals surface area contributed by atoms with Crippen molar-refractivity contribution in [3.63, 3.8) is 0 Å². The van der Waals surface area contributed by atoms with Gasteiger partial charge in [0.05, 0.1) is 118 Å². The van der Waals surface area contributed by atoms with Crippen LogP contribution in [0.4, 0.5) is 4.79 Å². The number of aromatic nitrogens is 4. The van der Waals surface area contributed by atoms with Crippen LogP contribution in [0.15, 0.2) is 84.9 Å². The fourth-order valence-electron chi connectivity index (χ4n) is 8.47. The predicted octanol–water partition coefficient (Wildman–Crippen LogP) is 5.02. The van der Waals surface area contributed by atoms with Crippen LogP contribution in [0.3, 0.4) is 0 Å². The van der Waals surface area contributed by atoms with Gasteiger partial charge < -0.3 is 52.7 Å².